The third-order valence-electron chi connectivity index (χ3n) is 4.67. The predicted octanol–water partition coefficient (Wildman–Crippen LogP) is 3.07. The smallest absolute Gasteiger partial charge is 0.176 e. The molecule has 0 aliphatic rings. The first kappa shape index (κ1) is 15.6. The van der Waals surface area contributed by atoms with Gasteiger partial charge < -0.3 is 9.67 Å². The van der Waals surface area contributed by atoms with Crippen LogP contribution in [0, 0.1) is 0 Å². The van der Waals surface area contributed by atoms with Crippen LogP contribution in [0.25, 0.3) is 11.2 Å². The van der Waals surface area contributed by atoms with Gasteiger partial charge in [-0.25, -0.2) is 9.67 Å². The van der Waals surface area contributed by atoms with Crippen LogP contribution < -0.4 is 0 Å². The Kier molecular flexibility index (Phi) is 3.66. The van der Waals surface area contributed by atoms with Crippen molar-refractivity contribution >= 4 is 11.2 Å². The van der Waals surface area contributed by atoms with Gasteiger partial charge in [0.25, 0.3) is 0 Å². The maximum absolute atomic E-state index is 11.9. The van der Waals surface area contributed by atoms with Gasteiger partial charge in [0, 0.05) is 13.6 Å². The zero-order valence-corrected chi connectivity index (χ0v) is 14.3. The second-order valence-electron chi connectivity index (χ2n) is 6.10. The van der Waals surface area contributed by atoms with E-state index in [-0.39, 0.29) is 0 Å². The van der Waals surface area contributed by atoms with E-state index in [0.29, 0.717) is 12.4 Å². The van der Waals surface area contributed by atoms with Gasteiger partial charge in [0.2, 0.25) is 0 Å². The molecule has 5 nitrogen and oxygen atoms in total. The molecule has 1 N–H and O–H groups in total. The Hall–Kier alpha value is -2.92. The number of hydrogen-bond acceptors (Lipinski definition) is 3. The molecule has 25 heavy (non-hydrogen) atoms. The number of aromatic nitrogens is 4. The van der Waals surface area contributed by atoms with Crippen LogP contribution in [0.15, 0.2) is 66.9 Å². The van der Waals surface area contributed by atoms with Crippen LogP contribution in [-0.2, 0) is 19.2 Å². The fourth-order valence-electron chi connectivity index (χ4n) is 3.39. The van der Waals surface area contributed by atoms with E-state index in [2.05, 4.69) is 5.10 Å². The van der Waals surface area contributed by atoms with Crippen LogP contribution in [0.3, 0.4) is 0 Å². The highest BCUT2D eigenvalue weighted by atomic mass is 16.3. The number of rotatable bonds is 4. The van der Waals surface area contributed by atoms with Crippen LogP contribution in [-0.4, -0.2) is 24.4 Å². The Morgan fingerprint density at radius 2 is 1.52 bits per heavy atom. The highest BCUT2D eigenvalue weighted by molar-refractivity contribution is 5.72. The first-order valence-electron chi connectivity index (χ1n) is 8.38. The van der Waals surface area contributed by atoms with Gasteiger partial charge in [-0.2, -0.15) is 5.10 Å². The Labute approximate surface area is 146 Å². The minimum absolute atomic E-state index is 0.607. The van der Waals surface area contributed by atoms with Gasteiger partial charge in [-0.3, -0.25) is 0 Å². The molecule has 0 atom stereocenters. The van der Waals surface area contributed by atoms with Crippen molar-refractivity contribution < 1.29 is 5.11 Å². The summed E-state index contributed by atoms with van der Waals surface area (Å²) in [5.41, 5.74) is 1.93. The Morgan fingerprint density at radius 1 is 0.960 bits per heavy atom. The van der Waals surface area contributed by atoms with Gasteiger partial charge in [-0.15, -0.1) is 0 Å². The highest BCUT2D eigenvalue weighted by Gasteiger charge is 2.39. The summed E-state index contributed by atoms with van der Waals surface area (Å²) >= 11 is 0. The minimum Gasteiger partial charge on any atom is -0.373 e. The molecule has 2 aromatic heterocycles. The molecule has 0 saturated heterocycles. The molecule has 0 aliphatic heterocycles. The van der Waals surface area contributed by atoms with E-state index in [1.165, 1.54) is 0 Å². The number of imidazole rings is 1. The Morgan fingerprint density at radius 3 is 2.04 bits per heavy atom. The molecule has 0 unspecified atom stereocenters. The largest absolute Gasteiger partial charge is 0.373 e. The summed E-state index contributed by atoms with van der Waals surface area (Å²) in [7, 11) is 1.86. The van der Waals surface area contributed by atoms with E-state index in [4.69, 9.17) is 4.98 Å². The van der Waals surface area contributed by atoms with Gasteiger partial charge in [-0.1, -0.05) is 60.7 Å². The van der Waals surface area contributed by atoms with E-state index in [9.17, 15) is 5.11 Å². The van der Waals surface area contributed by atoms with Gasteiger partial charge in [-0.05, 0) is 18.1 Å². The quantitative estimate of drug-likeness (QED) is 0.625. The number of aryl methyl sites for hydroxylation is 2. The SMILES string of the molecule is CCn1c(C(O)(c2ccccc2)c2ccccc2)nc2c1cnn2C. The predicted molar refractivity (Wildman–Crippen MR) is 97.2 cm³/mol. The fraction of sp³-hybridized carbons (Fsp3) is 0.200. The lowest BCUT2D eigenvalue weighted by Gasteiger charge is -2.29. The van der Waals surface area contributed by atoms with Crippen LogP contribution in [0.5, 0.6) is 0 Å². The van der Waals surface area contributed by atoms with Crippen molar-refractivity contribution in [3.63, 3.8) is 0 Å². The summed E-state index contributed by atoms with van der Waals surface area (Å²) in [6.07, 6.45) is 1.80. The topological polar surface area (TPSA) is 55.9 Å². The van der Waals surface area contributed by atoms with Gasteiger partial charge in [0.1, 0.15) is 5.52 Å². The molecule has 126 valence electrons. The first-order valence-corrected chi connectivity index (χ1v) is 8.38. The number of aliphatic hydroxyl groups is 1. The van der Waals surface area contributed by atoms with E-state index in [0.717, 1.165) is 22.3 Å². The molecule has 0 amide bonds. The first-order chi connectivity index (χ1) is 12.2. The summed E-state index contributed by atoms with van der Waals surface area (Å²) < 4.78 is 3.77. The Bertz CT molecular complexity index is 963. The molecule has 2 heterocycles. The average Bonchev–Trinajstić information content (AvgIpc) is 3.22. The van der Waals surface area contributed by atoms with Gasteiger partial charge >= 0.3 is 0 Å². The monoisotopic (exact) mass is 332 g/mol. The second kappa shape index (κ2) is 5.86. The molecular formula is C20H20N4O. The van der Waals surface area contributed by atoms with Crippen molar-refractivity contribution in [2.75, 3.05) is 0 Å². The normalized spacial score (nSPS) is 12.0. The molecule has 0 radical (unpaired) electrons. The lowest BCUT2D eigenvalue weighted by atomic mass is 9.85. The summed E-state index contributed by atoms with van der Waals surface area (Å²) in [6, 6.07) is 19.4. The Balaban J connectivity index is 2.06. The standard InChI is InChI=1S/C20H20N4O/c1-3-24-17-14-21-23(2)18(17)22-19(24)20(25,15-10-6-4-7-11-15)16-12-8-5-9-13-16/h4-14,25H,3H2,1-2H3. The van der Waals surface area contributed by atoms with E-state index >= 15 is 0 Å². The number of fused-ring (bicyclic) bond motifs is 1. The fourth-order valence-corrected chi connectivity index (χ4v) is 3.39. The second-order valence-corrected chi connectivity index (χ2v) is 6.10. The third-order valence-corrected chi connectivity index (χ3v) is 4.67. The average molecular weight is 332 g/mol. The molecule has 4 rings (SSSR count). The zero-order chi connectivity index (χ0) is 17.4. The molecule has 4 aromatic rings. The lowest BCUT2D eigenvalue weighted by molar-refractivity contribution is 0.112. The van der Waals surface area contributed by atoms with Gasteiger partial charge in [0.05, 0.1) is 6.20 Å². The van der Waals surface area contributed by atoms with Crippen molar-refractivity contribution in [3.05, 3.63) is 83.8 Å². The highest BCUT2D eigenvalue weighted by Crippen LogP contribution is 2.37. The van der Waals surface area contributed by atoms with Crippen LogP contribution >= 0.6 is 0 Å². The number of benzene rings is 2. The van der Waals surface area contributed by atoms with E-state index < -0.39 is 5.60 Å². The summed E-state index contributed by atoms with van der Waals surface area (Å²) in [4.78, 5) is 4.78. The van der Waals surface area contributed by atoms with Crippen molar-refractivity contribution in [2.24, 2.45) is 7.05 Å². The van der Waals surface area contributed by atoms with Crippen LogP contribution in [0.4, 0.5) is 0 Å². The molecule has 5 heteroatoms. The molecule has 0 bridgehead atoms. The zero-order valence-electron chi connectivity index (χ0n) is 14.3. The summed E-state index contributed by atoms with van der Waals surface area (Å²) in [5, 5.41) is 16.2. The number of nitrogens with zero attached hydrogens (tertiary/aromatic N) is 4. The maximum atomic E-state index is 11.9. The lowest BCUT2D eigenvalue weighted by Crippen LogP contribution is -2.32. The molecule has 0 saturated carbocycles. The van der Waals surface area contributed by atoms with Crippen molar-refractivity contribution in [2.45, 2.75) is 19.1 Å². The molecule has 2 aromatic carbocycles. The van der Waals surface area contributed by atoms with E-state index in [1.807, 2.05) is 79.2 Å². The molecule has 0 aliphatic carbocycles. The summed E-state index contributed by atoms with van der Waals surface area (Å²) in [6.45, 7) is 2.74. The van der Waals surface area contributed by atoms with Crippen LogP contribution in [0.1, 0.15) is 23.9 Å². The maximum Gasteiger partial charge on any atom is 0.176 e. The molecular weight excluding hydrogens is 312 g/mol. The van der Waals surface area contributed by atoms with Crippen molar-refractivity contribution in [3.8, 4) is 0 Å². The summed E-state index contributed by atoms with van der Waals surface area (Å²) in [5.74, 6) is 0.607. The van der Waals surface area contributed by atoms with Gasteiger partial charge in [0.15, 0.2) is 17.1 Å². The minimum atomic E-state index is -1.34. The van der Waals surface area contributed by atoms with E-state index in [1.54, 1.807) is 10.9 Å². The van der Waals surface area contributed by atoms with Crippen molar-refractivity contribution in [1.29, 1.82) is 0 Å². The molecule has 0 fully saturated rings. The number of hydrogen-bond donors (Lipinski definition) is 1. The third kappa shape index (κ3) is 2.27. The van der Waals surface area contributed by atoms with Crippen molar-refractivity contribution in [1.82, 2.24) is 19.3 Å². The van der Waals surface area contributed by atoms with Crippen LogP contribution in [0.2, 0.25) is 0 Å². The molecule has 0 spiro atoms.